The molecule has 9 nitrogen and oxygen atoms in total. The lowest BCUT2D eigenvalue weighted by Gasteiger charge is -2.22. The van der Waals surface area contributed by atoms with E-state index in [4.69, 9.17) is 21.1 Å². The SMILES string of the molecule is Cn1c(=O)n(CCCOC2CCCCO2)c(=O)c2c1nc(CCCO)n2Cc1ccc([ClH+])cc1. The fourth-order valence-corrected chi connectivity index (χ4v) is 4.41. The van der Waals surface area contributed by atoms with Crippen LogP contribution in [0.5, 0.6) is 0 Å². The van der Waals surface area contributed by atoms with Gasteiger partial charge in [-0.25, -0.2) is 9.78 Å². The zero-order chi connectivity index (χ0) is 24.1. The Morgan fingerprint density at radius 3 is 2.68 bits per heavy atom. The van der Waals surface area contributed by atoms with Crippen LogP contribution in [0, 0.1) is 11.6 Å². The number of hydrogen-bond acceptors (Lipinski definition) is 6. The zero-order valence-electron chi connectivity index (χ0n) is 19.4. The summed E-state index contributed by atoms with van der Waals surface area (Å²) < 4.78 is 15.9. The first-order valence-electron chi connectivity index (χ1n) is 11.8. The van der Waals surface area contributed by atoms with E-state index in [2.05, 4.69) is 4.98 Å². The number of rotatable bonds is 10. The highest BCUT2D eigenvalue weighted by molar-refractivity contribution is 5.71. The van der Waals surface area contributed by atoms with Gasteiger partial charge in [0, 0.05) is 51.9 Å². The zero-order valence-corrected chi connectivity index (χ0v) is 20.3. The minimum atomic E-state index is -0.403. The molecule has 0 radical (unpaired) electrons. The lowest BCUT2D eigenvalue weighted by molar-refractivity contribution is -0.288. The highest BCUT2D eigenvalue weighted by Crippen LogP contribution is 2.17. The highest BCUT2D eigenvalue weighted by Gasteiger charge is 2.21. The van der Waals surface area contributed by atoms with Crippen molar-refractivity contribution in [2.45, 2.75) is 57.9 Å². The first-order valence-corrected chi connectivity index (χ1v) is 12.2. The molecule has 0 bridgehead atoms. The smallest absolute Gasteiger partial charge is 0.332 e. The minimum Gasteiger partial charge on any atom is -0.396 e. The van der Waals surface area contributed by atoms with Crippen LogP contribution in [-0.4, -0.2) is 49.9 Å². The van der Waals surface area contributed by atoms with Gasteiger partial charge >= 0.3 is 5.69 Å². The van der Waals surface area contributed by atoms with E-state index in [0.717, 1.165) is 29.8 Å². The Morgan fingerprint density at radius 1 is 1.18 bits per heavy atom. The van der Waals surface area contributed by atoms with Gasteiger partial charge in [-0.05, 0) is 37.7 Å². The van der Waals surface area contributed by atoms with E-state index in [1.54, 1.807) is 7.05 Å². The molecule has 0 amide bonds. The van der Waals surface area contributed by atoms with Gasteiger partial charge in [0.15, 0.2) is 29.1 Å². The number of hydrogen-bond donors (Lipinski definition) is 1. The molecule has 1 aromatic carbocycles. The summed E-state index contributed by atoms with van der Waals surface area (Å²) in [6.07, 6.45) is 4.33. The maximum atomic E-state index is 13.5. The van der Waals surface area contributed by atoms with Crippen LogP contribution in [-0.2, 0) is 36.0 Å². The summed E-state index contributed by atoms with van der Waals surface area (Å²) in [4.78, 5) is 31.1. The molecule has 1 unspecified atom stereocenters. The topological polar surface area (TPSA) is 101 Å². The summed E-state index contributed by atoms with van der Waals surface area (Å²) in [5, 5.41) is 10.1. The minimum absolute atomic E-state index is 0.0156. The Morgan fingerprint density at radius 2 is 1.97 bits per heavy atom. The van der Waals surface area contributed by atoms with Crippen LogP contribution in [0.4, 0.5) is 0 Å². The molecule has 1 saturated heterocycles. The fraction of sp³-hybridized carbons (Fsp3) is 0.542. The largest absolute Gasteiger partial charge is 0.396 e. The normalized spacial score (nSPS) is 16.4. The molecule has 1 aliphatic heterocycles. The predicted octanol–water partition coefficient (Wildman–Crippen LogP) is 1.50. The Kier molecular flexibility index (Phi) is 8.20. The molecule has 0 saturated carbocycles. The summed E-state index contributed by atoms with van der Waals surface area (Å²) in [5.74, 6) is 0.661. The summed E-state index contributed by atoms with van der Waals surface area (Å²) in [6, 6.07) is 7.55. The van der Waals surface area contributed by atoms with Crippen molar-refractivity contribution in [2.24, 2.45) is 7.05 Å². The van der Waals surface area contributed by atoms with E-state index in [1.807, 2.05) is 28.8 Å². The second-order valence-electron chi connectivity index (χ2n) is 8.58. The number of aliphatic hydroxyl groups excluding tert-OH is 1. The van der Waals surface area contributed by atoms with Crippen molar-refractivity contribution in [1.82, 2.24) is 18.7 Å². The fourth-order valence-electron chi connectivity index (χ4n) is 4.27. The molecule has 2 aromatic heterocycles. The molecular weight excluding hydrogens is 460 g/mol. The number of ether oxygens (including phenoxy) is 2. The first kappa shape index (κ1) is 24.7. The molecule has 3 aromatic rings. The van der Waals surface area contributed by atoms with Crippen LogP contribution in [0.2, 0.25) is 5.02 Å². The van der Waals surface area contributed by atoms with Gasteiger partial charge in [-0.3, -0.25) is 13.9 Å². The van der Waals surface area contributed by atoms with Crippen molar-refractivity contribution >= 4 is 11.2 Å². The van der Waals surface area contributed by atoms with Gasteiger partial charge in [-0.1, -0.05) is 12.1 Å². The van der Waals surface area contributed by atoms with Crippen molar-refractivity contribution in [3.63, 3.8) is 0 Å². The van der Waals surface area contributed by atoms with Gasteiger partial charge in [-0.2, -0.15) is 0 Å². The third-order valence-electron chi connectivity index (χ3n) is 6.10. The van der Waals surface area contributed by atoms with Crippen LogP contribution in [0.1, 0.15) is 43.5 Å². The van der Waals surface area contributed by atoms with Crippen molar-refractivity contribution in [3.8, 4) is 0 Å². The van der Waals surface area contributed by atoms with Crippen LogP contribution in [0.15, 0.2) is 33.9 Å². The van der Waals surface area contributed by atoms with Crippen molar-refractivity contribution < 1.29 is 26.2 Å². The average Bonchev–Trinajstić information content (AvgIpc) is 3.21. The number of aryl methyl sites for hydroxylation is 2. The molecule has 4 rings (SSSR count). The van der Waals surface area contributed by atoms with Crippen LogP contribution >= 0.6 is 0 Å². The molecule has 1 aliphatic rings. The van der Waals surface area contributed by atoms with Gasteiger partial charge < -0.3 is 19.1 Å². The first-order chi connectivity index (χ1) is 16.5. The van der Waals surface area contributed by atoms with E-state index in [9.17, 15) is 14.7 Å². The van der Waals surface area contributed by atoms with Crippen molar-refractivity contribution in [3.05, 3.63) is 61.5 Å². The molecule has 1 N–H and O–H groups in total. The van der Waals surface area contributed by atoms with E-state index in [-0.39, 0.29) is 25.0 Å². The third-order valence-corrected chi connectivity index (χ3v) is 6.37. The van der Waals surface area contributed by atoms with E-state index >= 15 is 0 Å². The second-order valence-corrected chi connectivity index (χ2v) is 9.05. The lowest BCUT2D eigenvalue weighted by atomic mass is 10.2. The monoisotopic (exact) mass is 491 g/mol. The molecule has 1 atom stereocenters. The maximum Gasteiger partial charge on any atom is 0.332 e. The lowest BCUT2D eigenvalue weighted by Crippen LogP contribution is -2.40. The number of nitrogens with zero attached hydrogens (tertiary/aromatic N) is 4. The number of halogens is 1. The molecule has 34 heavy (non-hydrogen) atoms. The number of aliphatic hydroxyl groups is 1. The molecule has 0 aliphatic carbocycles. The molecule has 0 spiro atoms. The molecule has 1 fully saturated rings. The predicted molar refractivity (Wildman–Crippen MR) is 125 cm³/mol. The third kappa shape index (κ3) is 5.43. The quantitative estimate of drug-likeness (QED) is 0.431. The number of benzene rings is 1. The average molecular weight is 492 g/mol. The van der Waals surface area contributed by atoms with Gasteiger partial charge in [0.05, 0.1) is 6.61 Å². The van der Waals surface area contributed by atoms with Gasteiger partial charge in [-0.15, -0.1) is 0 Å². The second kappa shape index (κ2) is 11.3. The number of imidazole rings is 1. The van der Waals surface area contributed by atoms with E-state index in [1.165, 1.54) is 9.13 Å². The summed E-state index contributed by atoms with van der Waals surface area (Å²) >= 11 is 5.18. The van der Waals surface area contributed by atoms with Crippen LogP contribution in [0.25, 0.3) is 11.2 Å². The van der Waals surface area contributed by atoms with Crippen LogP contribution < -0.4 is 11.2 Å². The van der Waals surface area contributed by atoms with Gasteiger partial charge in [0.1, 0.15) is 5.82 Å². The van der Waals surface area contributed by atoms with Crippen molar-refractivity contribution in [1.29, 1.82) is 0 Å². The highest BCUT2D eigenvalue weighted by atomic mass is 35.5. The summed E-state index contributed by atoms with van der Waals surface area (Å²) in [5.41, 5.74) is 0.939. The molecule has 10 heteroatoms. The molecular formula is C24H32ClN4O5+. The standard InChI is InChI=1S/C24H32ClN4O5/c1-27-22-21(23(31)28(24(27)32)12-5-15-34-20-7-2-3-14-33-20)29(19(26-22)6-4-13-30)16-17-8-10-18(25)11-9-17/h8-11,20,25,30H,2-7,12-16H2,1H3/q+1. The van der Waals surface area contributed by atoms with Crippen LogP contribution in [0.3, 0.4) is 0 Å². The number of aromatic nitrogens is 4. The Labute approximate surface area is 202 Å². The van der Waals surface area contributed by atoms with Gasteiger partial charge in [0.25, 0.3) is 5.56 Å². The number of fused-ring (bicyclic) bond motifs is 1. The Bertz CT molecular complexity index is 1230. The Hall–Kier alpha value is -2.46. The van der Waals surface area contributed by atoms with E-state index in [0.29, 0.717) is 56.0 Å². The van der Waals surface area contributed by atoms with Gasteiger partial charge in [0.2, 0.25) is 5.02 Å². The van der Waals surface area contributed by atoms with E-state index < -0.39 is 5.69 Å². The summed E-state index contributed by atoms with van der Waals surface area (Å²) in [7, 11) is 1.63. The molecule has 184 valence electrons. The summed E-state index contributed by atoms with van der Waals surface area (Å²) in [6.45, 7) is 1.80. The van der Waals surface area contributed by atoms with Crippen molar-refractivity contribution in [2.75, 3.05) is 19.8 Å². The Balaban J connectivity index is 1.65. The molecule has 3 heterocycles. The maximum absolute atomic E-state index is 13.5.